The fourth-order valence-corrected chi connectivity index (χ4v) is 1.85. The number of aryl methyl sites for hydroxylation is 2. The van der Waals surface area contributed by atoms with Crippen LogP contribution in [0.2, 0.25) is 0 Å². The average molecular weight is 470 g/mol. The first-order valence-corrected chi connectivity index (χ1v) is 10.3. The molecule has 2 aromatic carbocycles. The van der Waals surface area contributed by atoms with Gasteiger partial charge in [0, 0.05) is 31.1 Å². The quantitative estimate of drug-likeness (QED) is 0.390. The van der Waals surface area contributed by atoms with Crippen molar-refractivity contribution in [3.8, 4) is 0 Å². The fourth-order valence-electron chi connectivity index (χ4n) is 1.85. The minimum Gasteiger partial charge on any atom is -0.481 e. The van der Waals surface area contributed by atoms with Crippen LogP contribution in [0, 0.1) is 37.1 Å². The molecule has 0 aliphatic heterocycles. The zero-order chi connectivity index (χ0) is 24.9. The van der Waals surface area contributed by atoms with Crippen LogP contribution in [-0.4, -0.2) is 30.3 Å². The Kier molecular flexibility index (Phi) is 14.3. The maximum atomic E-state index is 12.8. The van der Waals surface area contributed by atoms with Gasteiger partial charge in [-0.05, 0) is 49.2 Å². The molecule has 0 radical (unpaired) electrons. The lowest BCUT2D eigenvalue weighted by Gasteiger charge is -2.01. The van der Waals surface area contributed by atoms with E-state index in [4.69, 9.17) is 25.9 Å². The molecule has 0 aromatic heterocycles. The lowest BCUT2D eigenvalue weighted by molar-refractivity contribution is -0.134. The highest BCUT2D eigenvalue weighted by Gasteiger charge is 2.07. The van der Waals surface area contributed by atoms with E-state index in [1.54, 1.807) is 13.8 Å². The smallest absolute Gasteiger partial charge is 0.300 e. The average Bonchev–Trinajstić information content (AvgIpc) is 2.52. The molecule has 0 atom stereocenters. The van der Waals surface area contributed by atoms with Gasteiger partial charge in [-0.15, -0.1) is 0 Å². The monoisotopic (exact) mass is 470 g/mol. The van der Waals surface area contributed by atoms with Crippen molar-refractivity contribution in [3.05, 3.63) is 69.8 Å². The molecular weight excluding hydrogens is 444 g/mol. The molecule has 12 heteroatoms. The van der Waals surface area contributed by atoms with Crippen molar-refractivity contribution in [1.82, 2.24) is 0 Å². The number of aliphatic carboxylic acids is 1. The first-order chi connectivity index (χ1) is 14.0. The lowest BCUT2D eigenvalue weighted by atomic mass is 10.1. The van der Waals surface area contributed by atoms with E-state index in [1.165, 1.54) is 24.3 Å². The Bertz CT molecular complexity index is 854. The summed E-state index contributed by atoms with van der Waals surface area (Å²) in [7, 11) is -3.67. The van der Waals surface area contributed by atoms with E-state index in [2.05, 4.69) is 0 Å². The predicted octanol–water partition coefficient (Wildman–Crippen LogP) is 3.06. The summed E-state index contributed by atoms with van der Waals surface area (Å²) in [6.45, 7) is 4.15. The van der Waals surface area contributed by atoms with Crippen molar-refractivity contribution in [2.24, 2.45) is 11.5 Å². The Morgan fingerprint density at radius 1 is 0.839 bits per heavy atom. The van der Waals surface area contributed by atoms with E-state index in [0.717, 1.165) is 6.92 Å². The first-order valence-electron chi connectivity index (χ1n) is 8.44. The van der Waals surface area contributed by atoms with Gasteiger partial charge in [0.15, 0.2) is 0 Å². The van der Waals surface area contributed by atoms with Crippen molar-refractivity contribution >= 4 is 16.1 Å². The van der Waals surface area contributed by atoms with Crippen LogP contribution in [0.25, 0.3) is 0 Å². The molecular formula is C19H26F4N2O5S. The number of carbonyl (C=O) groups is 1. The molecule has 0 fully saturated rings. The largest absolute Gasteiger partial charge is 0.481 e. The van der Waals surface area contributed by atoms with Crippen LogP contribution >= 0.6 is 0 Å². The Labute approximate surface area is 178 Å². The molecule has 0 unspecified atom stereocenters. The van der Waals surface area contributed by atoms with E-state index in [1.807, 2.05) is 0 Å². The van der Waals surface area contributed by atoms with Gasteiger partial charge in [0.1, 0.15) is 23.3 Å². The number of hydrogen-bond donors (Lipinski definition) is 4. The molecule has 176 valence electrons. The Morgan fingerprint density at radius 2 is 1.00 bits per heavy atom. The molecule has 7 nitrogen and oxygen atoms in total. The third kappa shape index (κ3) is 15.9. The number of hydrogen-bond acceptors (Lipinski definition) is 5. The first kappa shape index (κ1) is 30.7. The highest BCUT2D eigenvalue weighted by atomic mass is 32.2. The maximum absolute atomic E-state index is 12.8. The van der Waals surface area contributed by atoms with Gasteiger partial charge in [0.2, 0.25) is 0 Å². The third-order valence-electron chi connectivity index (χ3n) is 2.98. The Hall–Kier alpha value is -2.54. The van der Waals surface area contributed by atoms with Crippen LogP contribution in [0.15, 0.2) is 24.3 Å². The fraction of sp³-hybridized carbons (Fsp3) is 0.316. The van der Waals surface area contributed by atoms with Crippen molar-refractivity contribution in [3.63, 3.8) is 0 Å². The standard InChI is InChI=1S/2C8H9F2N.C2H4O2.CH4O3S/c2*1-5-2-7(9)6(4-11)8(10)3-5;1-2(3)4;1-5(2,3)4/h2*2-3H,4,11H2,1H3;1H3,(H,3,4);1H3,(H,2,3,4). The van der Waals surface area contributed by atoms with Crippen molar-refractivity contribution in [2.45, 2.75) is 33.9 Å². The minimum absolute atomic E-state index is 0.0457. The summed E-state index contributed by atoms with van der Waals surface area (Å²) >= 11 is 0. The van der Waals surface area contributed by atoms with E-state index in [9.17, 15) is 26.0 Å². The SMILES string of the molecule is CC(=O)O.CS(=O)(=O)O.Cc1cc(F)c(CN)c(F)c1.Cc1cc(F)c(CN)c(F)c1. The summed E-state index contributed by atoms with van der Waals surface area (Å²) in [5.74, 6) is -3.09. The number of carboxylic acid groups (broad SMARTS) is 1. The normalized spacial score (nSPS) is 9.90. The Morgan fingerprint density at radius 3 is 1.13 bits per heavy atom. The van der Waals surface area contributed by atoms with Gasteiger partial charge in [-0.25, -0.2) is 17.6 Å². The molecule has 0 heterocycles. The molecule has 2 rings (SSSR count). The van der Waals surface area contributed by atoms with Gasteiger partial charge in [-0.1, -0.05) is 0 Å². The summed E-state index contributed by atoms with van der Waals surface area (Å²) in [6, 6.07) is 5.08. The van der Waals surface area contributed by atoms with E-state index in [0.29, 0.717) is 17.4 Å². The van der Waals surface area contributed by atoms with Gasteiger partial charge < -0.3 is 16.6 Å². The molecule has 2 aromatic rings. The van der Waals surface area contributed by atoms with Gasteiger partial charge in [-0.3, -0.25) is 9.35 Å². The number of rotatable bonds is 2. The van der Waals surface area contributed by atoms with Crippen LogP contribution < -0.4 is 11.5 Å². The summed E-state index contributed by atoms with van der Waals surface area (Å²) < 4.78 is 77.0. The van der Waals surface area contributed by atoms with Crippen LogP contribution in [0.4, 0.5) is 17.6 Å². The summed E-state index contributed by atoms with van der Waals surface area (Å²) in [4.78, 5) is 9.00. The highest BCUT2D eigenvalue weighted by molar-refractivity contribution is 7.85. The van der Waals surface area contributed by atoms with Crippen LogP contribution in [0.5, 0.6) is 0 Å². The van der Waals surface area contributed by atoms with Crippen molar-refractivity contribution in [1.29, 1.82) is 0 Å². The summed E-state index contributed by atoms with van der Waals surface area (Å²) in [6.07, 6.45) is 0.715. The van der Waals surface area contributed by atoms with Gasteiger partial charge in [-0.2, -0.15) is 8.42 Å². The molecule has 0 aliphatic carbocycles. The van der Waals surface area contributed by atoms with Gasteiger partial charge in [0.05, 0.1) is 6.26 Å². The maximum Gasteiger partial charge on any atom is 0.300 e. The van der Waals surface area contributed by atoms with Gasteiger partial charge >= 0.3 is 0 Å². The number of halogens is 4. The lowest BCUT2D eigenvalue weighted by Crippen LogP contribution is -2.03. The second-order valence-electron chi connectivity index (χ2n) is 6.07. The third-order valence-corrected chi connectivity index (χ3v) is 2.98. The zero-order valence-corrected chi connectivity index (χ0v) is 18.2. The van der Waals surface area contributed by atoms with Crippen LogP contribution in [0.1, 0.15) is 29.2 Å². The molecule has 31 heavy (non-hydrogen) atoms. The zero-order valence-electron chi connectivity index (χ0n) is 17.4. The van der Waals surface area contributed by atoms with E-state index in [-0.39, 0.29) is 24.2 Å². The number of benzene rings is 2. The molecule has 0 amide bonds. The molecule has 0 bridgehead atoms. The molecule has 0 spiro atoms. The highest BCUT2D eigenvalue weighted by Crippen LogP contribution is 2.14. The molecule has 6 N–H and O–H groups in total. The minimum atomic E-state index is -3.67. The Balaban J connectivity index is 0. The topological polar surface area (TPSA) is 144 Å². The van der Waals surface area contributed by atoms with Crippen LogP contribution in [0.3, 0.4) is 0 Å². The van der Waals surface area contributed by atoms with E-state index >= 15 is 0 Å². The van der Waals surface area contributed by atoms with Crippen LogP contribution in [-0.2, 0) is 28.0 Å². The second kappa shape index (κ2) is 14.5. The van der Waals surface area contributed by atoms with Crippen molar-refractivity contribution in [2.75, 3.05) is 6.26 Å². The van der Waals surface area contributed by atoms with Gasteiger partial charge in [0.25, 0.3) is 16.1 Å². The predicted molar refractivity (Wildman–Crippen MR) is 109 cm³/mol. The molecule has 0 saturated carbocycles. The number of nitrogens with two attached hydrogens (primary N) is 2. The summed E-state index contributed by atoms with van der Waals surface area (Å²) in [5, 5.41) is 7.42. The number of carboxylic acids is 1. The molecule has 0 saturated heterocycles. The van der Waals surface area contributed by atoms with E-state index < -0.39 is 39.4 Å². The summed E-state index contributed by atoms with van der Waals surface area (Å²) in [5.41, 5.74) is 11.3. The second-order valence-corrected chi connectivity index (χ2v) is 7.54. The molecule has 0 aliphatic rings. The van der Waals surface area contributed by atoms with Crippen molar-refractivity contribution < 1.29 is 40.4 Å².